The van der Waals surface area contributed by atoms with Gasteiger partial charge in [-0.1, -0.05) is 6.07 Å². The van der Waals surface area contributed by atoms with Crippen LogP contribution in [-0.2, 0) is 13.0 Å². The van der Waals surface area contributed by atoms with Crippen molar-refractivity contribution >= 4 is 22.6 Å². The van der Waals surface area contributed by atoms with Crippen molar-refractivity contribution in [2.24, 2.45) is 0 Å². The maximum absolute atomic E-state index is 14.8. The van der Waals surface area contributed by atoms with Crippen molar-refractivity contribution in [3.05, 3.63) is 59.7 Å². The molecule has 2 bridgehead atoms. The standard InChI is InChI=1S/C24H28FN5O/c1-2-29-10-8-17-12-18(13-27-23(17)29)24(31)26-9-7-16-3-6-22(21(25)11-16)30-14-19-4-5-20(15-30)28-19/h3,6,8,10-13,19-20,28H,2,4-5,7,9,14-15H2,1H3,(H,26,31). The highest BCUT2D eigenvalue weighted by Crippen LogP contribution is 2.27. The maximum Gasteiger partial charge on any atom is 0.252 e. The summed E-state index contributed by atoms with van der Waals surface area (Å²) in [5, 5.41) is 7.45. The number of nitrogens with one attached hydrogen (secondary N) is 2. The van der Waals surface area contributed by atoms with Crippen LogP contribution in [0.4, 0.5) is 10.1 Å². The molecule has 0 saturated carbocycles. The van der Waals surface area contributed by atoms with Gasteiger partial charge in [-0.15, -0.1) is 0 Å². The fraction of sp³-hybridized carbons (Fsp3) is 0.417. The van der Waals surface area contributed by atoms with Crippen molar-refractivity contribution in [2.75, 3.05) is 24.5 Å². The van der Waals surface area contributed by atoms with E-state index in [0.717, 1.165) is 36.2 Å². The monoisotopic (exact) mass is 421 g/mol. The number of hydrogen-bond acceptors (Lipinski definition) is 4. The van der Waals surface area contributed by atoms with E-state index in [0.29, 0.717) is 36.3 Å². The van der Waals surface area contributed by atoms with Crippen LogP contribution in [0, 0.1) is 5.82 Å². The van der Waals surface area contributed by atoms with Gasteiger partial charge in [0.05, 0.1) is 11.3 Å². The van der Waals surface area contributed by atoms with E-state index in [1.54, 1.807) is 12.3 Å². The molecule has 31 heavy (non-hydrogen) atoms. The van der Waals surface area contributed by atoms with Crippen LogP contribution in [0.3, 0.4) is 0 Å². The van der Waals surface area contributed by atoms with E-state index < -0.39 is 0 Å². The van der Waals surface area contributed by atoms with Crippen molar-refractivity contribution in [3.63, 3.8) is 0 Å². The normalized spacial score (nSPS) is 20.4. The summed E-state index contributed by atoms with van der Waals surface area (Å²) in [5.41, 5.74) is 2.99. The van der Waals surface area contributed by atoms with Crippen molar-refractivity contribution in [1.29, 1.82) is 0 Å². The van der Waals surface area contributed by atoms with Crippen LogP contribution in [-0.4, -0.2) is 47.2 Å². The van der Waals surface area contributed by atoms with Gasteiger partial charge in [0.1, 0.15) is 11.5 Å². The summed E-state index contributed by atoms with van der Waals surface area (Å²) in [7, 11) is 0. The average molecular weight is 422 g/mol. The SMILES string of the molecule is CCn1ccc2cc(C(=O)NCCc3ccc(N4CC5CCC(C4)N5)c(F)c3)cnc21. The molecular weight excluding hydrogens is 393 g/mol. The van der Waals surface area contributed by atoms with E-state index >= 15 is 0 Å². The van der Waals surface area contributed by atoms with Gasteiger partial charge in [0.25, 0.3) is 5.91 Å². The van der Waals surface area contributed by atoms with Crippen LogP contribution in [0.2, 0.25) is 0 Å². The van der Waals surface area contributed by atoms with Gasteiger partial charge in [0.2, 0.25) is 0 Å². The van der Waals surface area contributed by atoms with E-state index in [1.807, 2.05) is 35.0 Å². The lowest BCUT2D eigenvalue weighted by molar-refractivity contribution is 0.0954. The number of aryl methyl sites for hydroxylation is 1. The molecule has 2 aliphatic rings. The number of piperazine rings is 1. The van der Waals surface area contributed by atoms with Crippen LogP contribution in [0.1, 0.15) is 35.7 Å². The largest absolute Gasteiger partial charge is 0.366 e. The molecule has 5 rings (SSSR count). The first kappa shape index (κ1) is 20.0. The number of pyridine rings is 1. The van der Waals surface area contributed by atoms with Gasteiger partial charge in [0.15, 0.2) is 0 Å². The zero-order chi connectivity index (χ0) is 21.4. The smallest absolute Gasteiger partial charge is 0.252 e. The molecule has 2 unspecified atom stereocenters. The Morgan fingerprint density at radius 3 is 2.77 bits per heavy atom. The van der Waals surface area contributed by atoms with Gasteiger partial charge in [-0.05, 0) is 56.0 Å². The Bertz CT molecular complexity index is 1100. The maximum atomic E-state index is 14.8. The summed E-state index contributed by atoms with van der Waals surface area (Å²) >= 11 is 0. The average Bonchev–Trinajstić information content (AvgIpc) is 3.35. The second kappa shape index (κ2) is 8.30. The summed E-state index contributed by atoms with van der Waals surface area (Å²) in [6.07, 6.45) is 6.51. The van der Waals surface area contributed by atoms with Crippen LogP contribution >= 0.6 is 0 Å². The topological polar surface area (TPSA) is 62.2 Å². The lowest BCUT2D eigenvalue weighted by Gasteiger charge is -2.34. The Kier molecular flexibility index (Phi) is 5.36. The molecule has 2 aromatic heterocycles. The molecule has 0 aliphatic carbocycles. The molecule has 6 nitrogen and oxygen atoms in total. The molecule has 2 saturated heterocycles. The Hall–Kier alpha value is -2.93. The number of anilines is 1. The lowest BCUT2D eigenvalue weighted by Crippen LogP contribution is -2.51. The predicted octanol–water partition coefficient (Wildman–Crippen LogP) is 3.11. The second-order valence-corrected chi connectivity index (χ2v) is 8.57. The van der Waals surface area contributed by atoms with Crippen LogP contribution in [0.25, 0.3) is 11.0 Å². The van der Waals surface area contributed by atoms with Gasteiger partial charge in [-0.25, -0.2) is 9.37 Å². The van der Waals surface area contributed by atoms with E-state index in [1.165, 1.54) is 12.8 Å². The molecule has 3 aromatic rings. The fourth-order valence-corrected chi connectivity index (χ4v) is 4.84. The van der Waals surface area contributed by atoms with E-state index in [9.17, 15) is 9.18 Å². The highest BCUT2D eigenvalue weighted by atomic mass is 19.1. The first-order chi connectivity index (χ1) is 15.1. The number of fused-ring (bicyclic) bond motifs is 3. The van der Waals surface area contributed by atoms with Gasteiger partial charge < -0.3 is 20.1 Å². The molecule has 7 heteroatoms. The number of aromatic nitrogens is 2. The zero-order valence-electron chi connectivity index (χ0n) is 17.8. The Morgan fingerprint density at radius 1 is 1.23 bits per heavy atom. The summed E-state index contributed by atoms with van der Waals surface area (Å²) < 4.78 is 16.8. The Morgan fingerprint density at radius 2 is 2.03 bits per heavy atom. The van der Waals surface area contributed by atoms with Gasteiger partial charge in [-0.2, -0.15) is 0 Å². The summed E-state index contributed by atoms with van der Waals surface area (Å²) in [4.78, 5) is 19.1. The lowest BCUT2D eigenvalue weighted by atomic mass is 10.1. The number of rotatable bonds is 6. The Balaban J connectivity index is 1.18. The third-order valence-electron chi connectivity index (χ3n) is 6.47. The first-order valence-electron chi connectivity index (χ1n) is 11.1. The van der Waals surface area contributed by atoms with Crippen molar-refractivity contribution in [2.45, 2.75) is 44.8 Å². The van der Waals surface area contributed by atoms with Gasteiger partial charge in [-0.3, -0.25) is 4.79 Å². The number of carbonyl (C=O) groups is 1. The van der Waals surface area contributed by atoms with Crippen molar-refractivity contribution in [1.82, 2.24) is 20.2 Å². The molecule has 2 fully saturated rings. The number of carbonyl (C=O) groups excluding carboxylic acids is 1. The van der Waals surface area contributed by atoms with E-state index in [2.05, 4.69) is 27.4 Å². The number of benzene rings is 1. The van der Waals surface area contributed by atoms with Gasteiger partial charge in [0, 0.05) is 56.0 Å². The third-order valence-corrected chi connectivity index (χ3v) is 6.47. The molecule has 1 aromatic carbocycles. The molecule has 2 N–H and O–H groups in total. The Labute approximate surface area is 181 Å². The quantitative estimate of drug-likeness (QED) is 0.642. The van der Waals surface area contributed by atoms with E-state index in [4.69, 9.17) is 0 Å². The molecule has 1 amide bonds. The number of hydrogen-bond donors (Lipinski definition) is 2. The van der Waals surface area contributed by atoms with Crippen LogP contribution in [0.15, 0.2) is 42.7 Å². The summed E-state index contributed by atoms with van der Waals surface area (Å²) in [5.74, 6) is -0.341. The molecule has 0 radical (unpaired) electrons. The van der Waals surface area contributed by atoms with Crippen molar-refractivity contribution < 1.29 is 9.18 Å². The molecule has 2 aliphatic heterocycles. The summed E-state index contributed by atoms with van der Waals surface area (Å²) in [6, 6.07) is 10.2. The fourth-order valence-electron chi connectivity index (χ4n) is 4.84. The molecule has 4 heterocycles. The van der Waals surface area contributed by atoms with Gasteiger partial charge >= 0.3 is 0 Å². The third kappa shape index (κ3) is 4.02. The number of nitrogens with zero attached hydrogens (tertiary/aromatic N) is 3. The first-order valence-corrected chi connectivity index (χ1v) is 11.1. The second-order valence-electron chi connectivity index (χ2n) is 8.57. The molecule has 162 valence electrons. The zero-order valence-corrected chi connectivity index (χ0v) is 17.8. The summed E-state index contributed by atoms with van der Waals surface area (Å²) in [6.45, 7) is 5.08. The van der Waals surface area contributed by atoms with Crippen molar-refractivity contribution in [3.8, 4) is 0 Å². The van der Waals surface area contributed by atoms with Crippen LogP contribution < -0.4 is 15.5 Å². The molecular formula is C24H28FN5O. The number of halogens is 1. The minimum absolute atomic E-state index is 0.160. The molecule has 2 atom stereocenters. The molecule has 0 spiro atoms. The highest BCUT2D eigenvalue weighted by Gasteiger charge is 2.33. The van der Waals surface area contributed by atoms with E-state index in [-0.39, 0.29) is 11.7 Å². The minimum Gasteiger partial charge on any atom is -0.366 e. The highest BCUT2D eigenvalue weighted by molar-refractivity contribution is 5.96. The van der Waals surface area contributed by atoms with Crippen LogP contribution in [0.5, 0.6) is 0 Å². The minimum atomic E-state index is -0.180. The number of amides is 1. The predicted molar refractivity (Wildman–Crippen MR) is 120 cm³/mol.